The van der Waals surface area contributed by atoms with Crippen LogP contribution in [0.3, 0.4) is 0 Å². The van der Waals surface area contributed by atoms with Crippen LogP contribution in [-0.2, 0) is 14.6 Å². The van der Waals surface area contributed by atoms with E-state index in [4.69, 9.17) is 20.9 Å². The first-order valence-electron chi connectivity index (χ1n) is 10.8. The van der Waals surface area contributed by atoms with Crippen molar-refractivity contribution in [3.63, 3.8) is 0 Å². The molecule has 36 heavy (non-hydrogen) atoms. The predicted octanol–water partition coefficient (Wildman–Crippen LogP) is 5.51. The molecule has 11 heteroatoms. The molecular weight excluding hydrogens is 518 g/mol. The van der Waals surface area contributed by atoms with Gasteiger partial charge in [0, 0.05) is 17.3 Å². The molecule has 0 aliphatic heterocycles. The van der Waals surface area contributed by atoms with Crippen molar-refractivity contribution in [2.75, 3.05) is 19.1 Å². The summed E-state index contributed by atoms with van der Waals surface area (Å²) in [7, 11) is -2.36. The number of nitrogens with zero attached hydrogens (tertiary/aromatic N) is 1. The number of aryl methyl sites for hydroxylation is 1. The number of thioether (sulfide) groups is 1. The lowest BCUT2D eigenvalue weighted by molar-refractivity contribution is 0.0604. The van der Waals surface area contributed by atoms with Gasteiger partial charge >= 0.3 is 6.09 Å². The van der Waals surface area contributed by atoms with E-state index < -0.39 is 21.5 Å². The topological polar surface area (TPSA) is 134 Å². The van der Waals surface area contributed by atoms with E-state index in [-0.39, 0.29) is 15.6 Å². The van der Waals surface area contributed by atoms with Crippen LogP contribution in [0.5, 0.6) is 5.75 Å². The van der Waals surface area contributed by atoms with E-state index in [9.17, 15) is 13.2 Å². The number of aliphatic imine (C=N–C) groups is 1. The Labute approximate surface area is 219 Å². The fourth-order valence-electron chi connectivity index (χ4n) is 3.49. The zero-order valence-corrected chi connectivity index (χ0v) is 23.4. The number of ether oxygens (including phenoxy) is 2. The third-order valence-electron chi connectivity index (χ3n) is 5.01. The average Bonchev–Trinajstić information content (AvgIpc) is 3.23. The Bertz CT molecular complexity index is 1410. The predicted molar refractivity (Wildman–Crippen MR) is 146 cm³/mol. The minimum absolute atomic E-state index is 0.0916. The lowest BCUT2D eigenvalue weighted by Gasteiger charge is -2.17. The molecule has 0 aliphatic rings. The number of carbonyl (C=O) groups is 1. The Morgan fingerprint density at radius 3 is 2.42 bits per heavy atom. The molecule has 0 aliphatic carbocycles. The second kappa shape index (κ2) is 10.5. The number of hydrogen-bond donors (Lipinski definition) is 2. The first kappa shape index (κ1) is 27.6. The maximum atomic E-state index is 13.7. The Morgan fingerprint density at radius 1 is 1.14 bits per heavy atom. The monoisotopic (exact) mass is 547 g/mol. The van der Waals surface area contributed by atoms with Gasteiger partial charge in [-0.15, -0.1) is 23.1 Å². The number of methoxy groups -OCH3 is 1. The average molecular weight is 548 g/mol. The maximum Gasteiger partial charge on any atom is 0.436 e. The number of thiophene rings is 1. The molecule has 8 nitrogen and oxygen atoms in total. The van der Waals surface area contributed by atoms with Gasteiger partial charge in [0.2, 0.25) is 9.84 Å². The summed E-state index contributed by atoms with van der Waals surface area (Å²) in [6.45, 7) is 7.04. The van der Waals surface area contributed by atoms with Gasteiger partial charge in [0.1, 0.15) is 17.2 Å². The molecule has 1 amide bonds. The van der Waals surface area contributed by atoms with E-state index in [0.717, 1.165) is 22.5 Å². The third kappa shape index (κ3) is 6.03. The van der Waals surface area contributed by atoms with Crippen molar-refractivity contribution in [2.45, 2.75) is 47.3 Å². The summed E-state index contributed by atoms with van der Waals surface area (Å²) in [5.41, 5.74) is 14.3. The summed E-state index contributed by atoms with van der Waals surface area (Å²) in [5, 5.41) is 0. The molecule has 0 saturated heterocycles. The molecule has 0 saturated carbocycles. The Balaban J connectivity index is 2.04. The quantitative estimate of drug-likeness (QED) is 0.179. The van der Waals surface area contributed by atoms with Gasteiger partial charge in [-0.05, 0) is 69.3 Å². The molecule has 1 heterocycles. The zero-order chi connectivity index (χ0) is 26.8. The van der Waals surface area contributed by atoms with Crippen LogP contribution < -0.4 is 16.2 Å². The third-order valence-corrected chi connectivity index (χ3v) is 9.33. The second-order valence-corrected chi connectivity index (χ2v) is 12.9. The van der Waals surface area contributed by atoms with Crippen molar-refractivity contribution in [1.82, 2.24) is 0 Å². The van der Waals surface area contributed by atoms with Gasteiger partial charge in [0.25, 0.3) is 0 Å². The SMILES string of the molecule is COc1cc(C)c(-c2cccc(S(=O)(=O)c3cc(C(N)=NC(=O)OC(C)(C)C)sc3SC)c2)c(N)c1. The highest BCUT2D eigenvalue weighted by atomic mass is 32.2. The van der Waals surface area contributed by atoms with E-state index >= 15 is 0 Å². The number of rotatable bonds is 6. The summed E-state index contributed by atoms with van der Waals surface area (Å²) in [5.74, 6) is 0.514. The lowest BCUT2D eigenvalue weighted by atomic mass is 9.98. The van der Waals surface area contributed by atoms with E-state index in [1.807, 2.05) is 19.1 Å². The molecular formula is C25H29N3O5S3. The molecule has 0 atom stereocenters. The lowest BCUT2D eigenvalue weighted by Crippen LogP contribution is -2.24. The highest BCUT2D eigenvalue weighted by molar-refractivity contribution is 8.01. The number of amides is 1. The van der Waals surface area contributed by atoms with Crippen molar-refractivity contribution in [1.29, 1.82) is 0 Å². The number of nitrogen functional groups attached to an aromatic ring is 1. The maximum absolute atomic E-state index is 13.7. The fourth-order valence-corrected chi connectivity index (χ4v) is 7.43. The van der Waals surface area contributed by atoms with E-state index in [2.05, 4.69) is 4.99 Å². The van der Waals surface area contributed by atoms with E-state index in [1.165, 1.54) is 23.9 Å². The Morgan fingerprint density at radius 2 is 1.83 bits per heavy atom. The fraction of sp³-hybridized carbons (Fsp3) is 0.280. The number of anilines is 1. The number of carbonyl (C=O) groups excluding carboxylic acids is 1. The van der Waals surface area contributed by atoms with Gasteiger partial charge in [0.05, 0.1) is 26.0 Å². The van der Waals surface area contributed by atoms with Gasteiger partial charge in [-0.2, -0.15) is 4.99 Å². The van der Waals surface area contributed by atoms with Gasteiger partial charge < -0.3 is 20.9 Å². The van der Waals surface area contributed by atoms with Crippen LogP contribution in [-0.4, -0.2) is 39.3 Å². The number of nitrogens with two attached hydrogens (primary N) is 2. The molecule has 0 fully saturated rings. The minimum Gasteiger partial charge on any atom is -0.497 e. The molecule has 4 N–H and O–H groups in total. The van der Waals surface area contributed by atoms with Crippen molar-refractivity contribution in [2.24, 2.45) is 10.7 Å². The molecule has 3 aromatic rings. The van der Waals surface area contributed by atoms with Crippen LogP contribution >= 0.6 is 23.1 Å². The van der Waals surface area contributed by atoms with Gasteiger partial charge in [-0.1, -0.05) is 12.1 Å². The van der Waals surface area contributed by atoms with E-state index in [0.29, 0.717) is 26.1 Å². The molecule has 2 aromatic carbocycles. The first-order valence-corrected chi connectivity index (χ1v) is 14.3. The summed E-state index contributed by atoms with van der Waals surface area (Å²) in [6.07, 6.45) is 0.928. The second-order valence-electron chi connectivity index (χ2n) is 8.88. The molecule has 0 unspecified atom stereocenters. The van der Waals surface area contributed by atoms with Gasteiger partial charge in [-0.25, -0.2) is 13.2 Å². The largest absolute Gasteiger partial charge is 0.497 e. The summed E-state index contributed by atoms with van der Waals surface area (Å²) in [4.78, 5) is 16.4. The van der Waals surface area contributed by atoms with Crippen LogP contribution in [0.25, 0.3) is 11.1 Å². The molecule has 3 rings (SSSR count). The number of hydrogen-bond acceptors (Lipinski definition) is 8. The zero-order valence-electron chi connectivity index (χ0n) is 20.9. The standard InChI is InChI=1S/C25H29N3O5S3/c1-14-10-16(32-5)12-18(26)21(14)15-8-7-9-17(11-15)36(30,31)20-13-19(35-23(20)34-6)22(27)28-24(29)33-25(2,3)4/h7-13H,26H2,1-6H3,(H2,27,28,29). The molecule has 0 radical (unpaired) electrons. The van der Waals surface area contributed by atoms with Crippen LogP contribution in [0.2, 0.25) is 0 Å². The van der Waals surface area contributed by atoms with Crippen LogP contribution in [0, 0.1) is 6.92 Å². The van der Waals surface area contributed by atoms with Crippen molar-refractivity contribution in [3.05, 3.63) is 52.9 Å². The Hall–Kier alpha value is -3.02. The van der Waals surface area contributed by atoms with Crippen LogP contribution in [0.1, 0.15) is 31.2 Å². The van der Waals surface area contributed by atoms with E-state index in [1.54, 1.807) is 52.3 Å². The highest BCUT2D eigenvalue weighted by Gasteiger charge is 2.26. The number of benzene rings is 2. The van der Waals surface area contributed by atoms with Crippen molar-refractivity contribution < 1.29 is 22.7 Å². The summed E-state index contributed by atoms with van der Waals surface area (Å²) < 4.78 is 38.3. The van der Waals surface area contributed by atoms with Crippen molar-refractivity contribution >= 4 is 50.6 Å². The number of amidine groups is 1. The first-order chi connectivity index (χ1) is 16.8. The highest BCUT2D eigenvalue weighted by Crippen LogP contribution is 2.39. The smallest absolute Gasteiger partial charge is 0.436 e. The Kier molecular flexibility index (Phi) is 8.07. The summed E-state index contributed by atoms with van der Waals surface area (Å²) >= 11 is 2.42. The van der Waals surface area contributed by atoms with Gasteiger partial charge in [0.15, 0.2) is 0 Å². The molecule has 192 valence electrons. The number of sulfone groups is 1. The van der Waals surface area contributed by atoms with Crippen LogP contribution in [0.15, 0.2) is 61.5 Å². The molecule has 0 bridgehead atoms. The van der Waals surface area contributed by atoms with Crippen molar-refractivity contribution in [3.8, 4) is 16.9 Å². The minimum atomic E-state index is -3.92. The molecule has 0 spiro atoms. The summed E-state index contributed by atoms with van der Waals surface area (Å²) in [6, 6.07) is 11.6. The van der Waals surface area contributed by atoms with Gasteiger partial charge in [-0.3, -0.25) is 0 Å². The normalized spacial score (nSPS) is 12.4. The van der Waals surface area contributed by atoms with Crippen LogP contribution in [0.4, 0.5) is 10.5 Å². The molecule has 1 aromatic heterocycles.